The van der Waals surface area contributed by atoms with Crippen LogP contribution in [-0.2, 0) is 0 Å². The van der Waals surface area contributed by atoms with E-state index < -0.39 is 0 Å². The van der Waals surface area contributed by atoms with Crippen LogP contribution < -0.4 is 5.32 Å². The first-order valence-electron chi connectivity index (χ1n) is 9.73. The van der Waals surface area contributed by atoms with Crippen LogP contribution in [0, 0.1) is 19.3 Å². The minimum Gasteiger partial charge on any atom is -0.351 e. The number of aryl methyl sites for hydroxylation is 2. The van der Waals surface area contributed by atoms with Gasteiger partial charge in [0.1, 0.15) is 5.69 Å². The van der Waals surface area contributed by atoms with Gasteiger partial charge in [0, 0.05) is 12.2 Å². The van der Waals surface area contributed by atoms with Crippen molar-refractivity contribution in [3.05, 3.63) is 71.8 Å². The Morgan fingerprint density at radius 3 is 2.25 bits per heavy atom. The summed E-state index contributed by atoms with van der Waals surface area (Å²) in [4.78, 5) is 16.8. The van der Waals surface area contributed by atoms with E-state index in [0.717, 1.165) is 17.7 Å². The highest BCUT2D eigenvalue weighted by Crippen LogP contribution is 2.24. The second kappa shape index (κ2) is 8.01. The van der Waals surface area contributed by atoms with Gasteiger partial charge in [-0.3, -0.25) is 9.36 Å². The summed E-state index contributed by atoms with van der Waals surface area (Å²) in [5.74, 6) is -0.0971. The first-order chi connectivity index (χ1) is 13.2. The largest absolute Gasteiger partial charge is 0.351 e. The zero-order valence-corrected chi connectivity index (χ0v) is 17.4. The van der Waals surface area contributed by atoms with Gasteiger partial charge in [-0.05, 0) is 48.9 Å². The Kier molecular flexibility index (Phi) is 5.68. The van der Waals surface area contributed by atoms with Crippen molar-refractivity contribution in [2.45, 2.75) is 41.0 Å². The number of nitrogens with one attached hydrogen (secondary N) is 1. The van der Waals surface area contributed by atoms with Crippen LogP contribution in [0.2, 0.25) is 0 Å². The Labute approximate surface area is 167 Å². The van der Waals surface area contributed by atoms with Gasteiger partial charge < -0.3 is 5.32 Å². The average molecular weight is 376 g/mol. The van der Waals surface area contributed by atoms with Crippen LogP contribution in [0.15, 0.2) is 55.0 Å². The van der Waals surface area contributed by atoms with Crippen molar-refractivity contribution >= 4 is 5.91 Å². The Bertz CT molecular complexity index is 942. The molecule has 28 heavy (non-hydrogen) atoms. The van der Waals surface area contributed by atoms with E-state index in [0.29, 0.717) is 12.2 Å². The van der Waals surface area contributed by atoms with Crippen LogP contribution in [-0.4, -0.2) is 22.0 Å². The van der Waals surface area contributed by atoms with Gasteiger partial charge in [0.05, 0.1) is 12.5 Å². The molecule has 0 unspecified atom stereocenters. The number of carbonyl (C=O) groups is 1. The number of aromatic nitrogens is 2. The van der Waals surface area contributed by atoms with Crippen LogP contribution in [0.25, 0.3) is 16.8 Å². The third kappa shape index (κ3) is 4.89. The van der Waals surface area contributed by atoms with Crippen molar-refractivity contribution in [2.75, 3.05) is 6.54 Å². The molecule has 0 atom stereocenters. The Morgan fingerprint density at radius 2 is 1.64 bits per heavy atom. The van der Waals surface area contributed by atoms with Crippen molar-refractivity contribution in [3.8, 4) is 16.8 Å². The maximum absolute atomic E-state index is 12.6. The van der Waals surface area contributed by atoms with E-state index in [9.17, 15) is 4.79 Å². The van der Waals surface area contributed by atoms with E-state index in [1.165, 1.54) is 16.7 Å². The van der Waals surface area contributed by atoms with Crippen LogP contribution in [0.1, 0.15) is 48.8 Å². The summed E-state index contributed by atoms with van der Waals surface area (Å²) in [5.41, 5.74) is 6.53. The highest BCUT2D eigenvalue weighted by atomic mass is 16.1. The molecule has 0 spiro atoms. The van der Waals surface area contributed by atoms with Gasteiger partial charge in [-0.25, -0.2) is 4.98 Å². The molecule has 4 heteroatoms. The molecule has 0 bridgehead atoms. The van der Waals surface area contributed by atoms with Crippen LogP contribution in [0.4, 0.5) is 0 Å². The van der Waals surface area contributed by atoms with Gasteiger partial charge in [0.2, 0.25) is 0 Å². The van der Waals surface area contributed by atoms with E-state index in [1.54, 1.807) is 12.5 Å². The van der Waals surface area contributed by atoms with Gasteiger partial charge in [-0.15, -0.1) is 0 Å². The highest BCUT2D eigenvalue weighted by Gasteiger charge is 2.15. The lowest BCUT2D eigenvalue weighted by Crippen LogP contribution is -2.28. The third-order valence-electron chi connectivity index (χ3n) is 4.73. The lowest BCUT2D eigenvalue weighted by molar-refractivity contribution is 0.0942. The van der Waals surface area contributed by atoms with Crippen LogP contribution >= 0.6 is 0 Å². The maximum Gasteiger partial charge on any atom is 0.269 e. The van der Waals surface area contributed by atoms with E-state index >= 15 is 0 Å². The number of nitrogens with zero attached hydrogens (tertiary/aromatic N) is 2. The van der Waals surface area contributed by atoms with E-state index in [4.69, 9.17) is 0 Å². The van der Waals surface area contributed by atoms with Gasteiger partial charge in [0.15, 0.2) is 0 Å². The molecule has 146 valence electrons. The molecule has 0 radical (unpaired) electrons. The molecule has 1 amide bonds. The van der Waals surface area contributed by atoms with Crippen LogP contribution in [0.5, 0.6) is 0 Å². The number of amides is 1. The van der Waals surface area contributed by atoms with E-state index in [1.807, 2.05) is 16.7 Å². The summed E-state index contributed by atoms with van der Waals surface area (Å²) in [5, 5.41) is 3.00. The third-order valence-corrected chi connectivity index (χ3v) is 4.73. The summed E-state index contributed by atoms with van der Waals surface area (Å²) in [6.45, 7) is 11.4. The predicted molar refractivity (Wildman–Crippen MR) is 115 cm³/mol. The monoisotopic (exact) mass is 375 g/mol. The zero-order valence-electron chi connectivity index (χ0n) is 17.4. The summed E-state index contributed by atoms with van der Waals surface area (Å²) < 4.78 is 1.83. The average Bonchev–Trinajstić information content (AvgIpc) is 3.09. The fourth-order valence-electron chi connectivity index (χ4n) is 3.27. The normalized spacial score (nSPS) is 11.5. The molecule has 3 aromatic rings. The number of hydrogen-bond acceptors (Lipinski definition) is 2. The van der Waals surface area contributed by atoms with Crippen molar-refractivity contribution in [3.63, 3.8) is 0 Å². The zero-order chi connectivity index (χ0) is 20.3. The minimum absolute atomic E-state index is 0.0971. The SMILES string of the molecule is Cc1cc(C)cc(-c2ccc(-n3cncc3C(=O)NCCC(C)(C)C)cc2)c1. The topological polar surface area (TPSA) is 46.9 Å². The molecule has 0 saturated carbocycles. The minimum atomic E-state index is -0.0971. The number of hydrogen-bond donors (Lipinski definition) is 1. The molecule has 1 aromatic heterocycles. The molecule has 0 fully saturated rings. The summed E-state index contributed by atoms with van der Waals surface area (Å²) in [7, 11) is 0. The Balaban J connectivity index is 1.78. The number of carbonyl (C=O) groups excluding carboxylic acids is 1. The highest BCUT2D eigenvalue weighted by molar-refractivity contribution is 5.93. The quantitative estimate of drug-likeness (QED) is 0.656. The molecule has 0 aliphatic carbocycles. The van der Waals surface area contributed by atoms with Crippen LogP contribution in [0.3, 0.4) is 0 Å². The second-order valence-corrected chi connectivity index (χ2v) is 8.64. The maximum atomic E-state index is 12.6. The van der Waals surface area contributed by atoms with Gasteiger partial charge in [-0.1, -0.05) is 62.2 Å². The molecule has 1 N–H and O–H groups in total. The molecule has 1 heterocycles. The fraction of sp³-hybridized carbons (Fsp3) is 0.333. The summed E-state index contributed by atoms with van der Waals surface area (Å²) in [6, 6.07) is 14.8. The lowest BCUT2D eigenvalue weighted by Gasteiger charge is -2.18. The molecule has 0 saturated heterocycles. The molecule has 4 nitrogen and oxygen atoms in total. The second-order valence-electron chi connectivity index (χ2n) is 8.64. The first-order valence-corrected chi connectivity index (χ1v) is 9.73. The Hall–Kier alpha value is -2.88. The smallest absolute Gasteiger partial charge is 0.269 e. The molecule has 3 rings (SSSR count). The number of imidazole rings is 1. The van der Waals surface area contributed by atoms with Crippen molar-refractivity contribution in [1.29, 1.82) is 0 Å². The lowest BCUT2D eigenvalue weighted by atomic mass is 9.92. The standard InChI is InChI=1S/C24H29N3O/c1-17-12-18(2)14-20(13-17)19-6-8-21(9-7-19)27-16-25-15-22(27)23(28)26-11-10-24(3,4)5/h6-9,12-16H,10-11H2,1-5H3,(H,26,28). The van der Waals surface area contributed by atoms with Crippen molar-refractivity contribution in [2.24, 2.45) is 5.41 Å². The predicted octanol–water partition coefficient (Wildman–Crippen LogP) is 5.32. The Morgan fingerprint density at radius 1 is 1.00 bits per heavy atom. The summed E-state index contributed by atoms with van der Waals surface area (Å²) >= 11 is 0. The van der Waals surface area contributed by atoms with E-state index in [2.05, 4.69) is 75.3 Å². The molecule has 0 aliphatic heterocycles. The van der Waals surface area contributed by atoms with E-state index in [-0.39, 0.29) is 11.3 Å². The molecular formula is C24H29N3O. The molecule has 2 aromatic carbocycles. The van der Waals surface area contributed by atoms with Crippen molar-refractivity contribution < 1.29 is 4.79 Å². The van der Waals surface area contributed by atoms with Gasteiger partial charge in [-0.2, -0.15) is 0 Å². The van der Waals surface area contributed by atoms with Gasteiger partial charge in [0.25, 0.3) is 5.91 Å². The fourth-order valence-corrected chi connectivity index (χ4v) is 3.27. The number of rotatable bonds is 5. The van der Waals surface area contributed by atoms with Gasteiger partial charge >= 0.3 is 0 Å². The van der Waals surface area contributed by atoms with Crippen molar-refractivity contribution in [1.82, 2.24) is 14.9 Å². The molecule has 0 aliphatic rings. The first kappa shape index (κ1) is 19.9. The summed E-state index contributed by atoms with van der Waals surface area (Å²) in [6.07, 6.45) is 4.23. The molecular weight excluding hydrogens is 346 g/mol. The number of benzene rings is 2.